The van der Waals surface area contributed by atoms with Crippen molar-refractivity contribution in [1.82, 2.24) is 9.47 Å². The van der Waals surface area contributed by atoms with Crippen molar-refractivity contribution >= 4 is 22.8 Å². The van der Waals surface area contributed by atoms with Crippen LogP contribution in [-0.2, 0) is 13.6 Å². The molecule has 2 aliphatic rings. The zero-order valence-corrected chi connectivity index (χ0v) is 18.7. The van der Waals surface area contributed by atoms with E-state index in [9.17, 15) is 9.90 Å². The van der Waals surface area contributed by atoms with Crippen LogP contribution in [0.3, 0.4) is 0 Å². The number of fused-ring (bicyclic) bond motifs is 2. The molecule has 6 heteroatoms. The standard InChI is InChI=1S/C26H28N2O4/c1-16-5-4-10-28(13-16)15-21-23(29)9-7-19-25(30)24(32-26(19)21)11-17-14-27(2)22-8-6-18(31-3)12-20(17)22/h6-9,11-12,14,16,29H,4-5,10,13,15H2,1-3H3/b24-11+/t16-/m0/s1. The lowest BCUT2D eigenvalue weighted by Gasteiger charge is -2.31. The summed E-state index contributed by atoms with van der Waals surface area (Å²) in [5.41, 5.74) is 3.12. The summed E-state index contributed by atoms with van der Waals surface area (Å²) in [6.45, 7) is 4.80. The molecule has 3 aromatic rings. The average molecular weight is 433 g/mol. The van der Waals surface area contributed by atoms with Gasteiger partial charge in [-0.05, 0) is 61.7 Å². The minimum atomic E-state index is -0.159. The van der Waals surface area contributed by atoms with Crippen LogP contribution >= 0.6 is 0 Å². The van der Waals surface area contributed by atoms with Crippen molar-refractivity contribution in [1.29, 1.82) is 0 Å². The summed E-state index contributed by atoms with van der Waals surface area (Å²) in [5, 5.41) is 11.6. The molecule has 0 unspecified atom stereocenters. The molecular weight excluding hydrogens is 404 g/mol. The number of rotatable bonds is 4. The second kappa shape index (κ2) is 8.02. The Morgan fingerprint density at radius 2 is 2.12 bits per heavy atom. The van der Waals surface area contributed by atoms with Crippen molar-refractivity contribution in [2.45, 2.75) is 26.3 Å². The number of allylic oxidation sites excluding steroid dienone is 1. The summed E-state index contributed by atoms with van der Waals surface area (Å²) < 4.78 is 13.5. The maximum Gasteiger partial charge on any atom is 0.231 e. The van der Waals surface area contributed by atoms with Gasteiger partial charge in [0.05, 0.1) is 18.2 Å². The van der Waals surface area contributed by atoms with Gasteiger partial charge in [-0.15, -0.1) is 0 Å². The van der Waals surface area contributed by atoms with Gasteiger partial charge in [0.1, 0.15) is 17.2 Å². The number of ketones is 1. The first kappa shape index (κ1) is 20.6. The van der Waals surface area contributed by atoms with E-state index in [1.54, 1.807) is 25.3 Å². The van der Waals surface area contributed by atoms with E-state index in [-0.39, 0.29) is 17.3 Å². The molecule has 1 atom stereocenters. The van der Waals surface area contributed by atoms with E-state index in [0.29, 0.717) is 29.3 Å². The number of carbonyl (C=O) groups excluding carboxylic acids is 1. The SMILES string of the molecule is COc1ccc2c(c1)c(/C=C1/Oc3c(ccc(O)c3CN3CCC[C@H](C)C3)C1=O)cn2C. The van der Waals surface area contributed by atoms with Gasteiger partial charge in [-0.1, -0.05) is 6.92 Å². The summed E-state index contributed by atoms with van der Waals surface area (Å²) >= 11 is 0. The number of Topliss-reactive ketones (excluding diaryl/α,β-unsaturated/α-hetero) is 1. The van der Waals surface area contributed by atoms with Crippen LogP contribution < -0.4 is 9.47 Å². The molecule has 0 amide bonds. The first-order valence-corrected chi connectivity index (χ1v) is 11.1. The summed E-state index contributed by atoms with van der Waals surface area (Å²) in [5.74, 6) is 2.16. The minimum absolute atomic E-state index is 0.159. The quantitative estimate of drug-likeness (QED) is 0.604. The number of carbonyl (C=O) groups is 1. The molecule has 0 radical (unpaired) electrons. The number of hydrogen-bond acceptors (Lipinski definition) is 5. The number of aromatic nitrogens is 1. The number of aromatic hydroxyl groups is 1. The van der Waals surface area contributed by atoms with Gasteiger partial charge in [-0.3, -0.25) is 9.69 Å². The summed E-state index contributed by atoms with van der Waals surface area (Å²) in [7, 11) is 3.61. The van der Waals surface area contributed by atoms with Crippen LogP contribution in [0.25, 0.3) is 17.0 Å². The molecule has 3 heterocycles. The maximum absolute atomic E-state index is 13.2. The van der Waals surface area contributed by atoms with E-state index in [2.05, 4.69) is 11.8 Å². The second-order valence-corrected chi connectivity index (χ2v) is 8.94. The highest BCUT2D eigenvalue weighted by Gasteiger charge is 2.32. The van der Waals surface area contributed by atoms with Crippen LogP contribution in [0.1, 0.15) is 41.3 Å². The number of phenolic OH excluding ortho intramolecular Hbond substituents is 1. The fourth-order valence-electron chi connectivity index (χ4n) is 4.89. The predicted molar refractivity (Wildman–Crippen MR) is 124 cm³/mol. The van der Waals surface area contributed by atoms with Crippen LogP contribution in [0.4, 0.5) is 0 Å². The molecule has 2 aliphatic heterocycles. The second-order valence-electron chi connectivity index (χ2n) is 8.94. The third-order valence-corrected chi connectivity index (χ3v) is 6.55. The Morgan fingerprint density at radius 1 is 1.28 bits per heavy atom. The first-order chi connectivity index (χ1) is 15.4. The number of likely N-dealkylation sites (tertiary alicyclic amines) is 1. The molecule has 1 fully saturated rings. The zero-order chi connectivity index (χ0) is 22.4. The highest BCUT2D eigenvalue weighted by Crippen LogP contribution is 2.41. The molecule has 32 heavy (non-hydrogen) atoms. The van der Waals surface area contributed by atoms with Crippen molar-refractivity contribution in [2.75, 3.05) is 20.2 Å². The number of ether oxygens (including phenoxy) is 2. The van der Waals surface area contributed by atoms with Crippen molar-refractivity contribution in [2.24, 2.45) is 13.0 Å². The Morgan fingerprint density at radius 3 is 2.91 bits per heavy atom. The van der Waals surface area contributed by atoms with Gasteiger partial charge in [0, 0.05) is 42.8 Å². The lowest BCUT2D eigenvalue weighted by molar-refractivity contribution is 0.101. The highest BCUT2D eigenvalue weighted by molar-refractivity contribution is 6.15. The van der Waals surface area contributed by atoms with Gasteiger partial charge < -0.3 is 19.1 Å². The van der Waals surface area contributed by atoms with Crippen molar-refractivity contribution in [3.05, 3.63) is 59.0 Å². The average Bonchev–Trinajstić information content (AvgIpc) is 3.26. The van der Waals surface area contributed by atoms with Gasteiger partial charge in [0.15, 0.2) is 5.76 Å². The van der Waals surface area contributed by atoms with Gasteiger partial charge in [-0.25, -0.2) is 0 Å². The van der Waals surface area contributed by atoms with Gasteiger partial charge in [0.25, 0.3) is 0 Å². The van der Waals surface area contributed by atoms with E-state index in [1.807, 2.05) is 36.0 Å². The molecule has 5 rings (SSSR count). The molecule has 166 valence electrons. The Bertz CT molecular complexity index is 1240. The zero-order valence-electron chi connectivity index (χ0n) is 18.7. The number of aryl methyl sites for hydroxylation is 1. The molecule has 0 aliphatic carbocycles. The third kappa shape index (κ3) is 3.54. The van der Waals surface area contributed by atoms with E-state index in [0.717, 1.165) is 41.7 Å². The van der Waals surface area contributed by atoms with Crippen LogP contribution in [0.15, 0.2) is 42.3 Å². The molecular formula is C26H28N2O4. The maximum atomic E-state index is 13.2. The fraction of sp³-hybridized carbons (Fsp3) is 0.346. The Kier molecular flexibility index (Phi) is 5.18. The number of piperidine rings is 1. The molecule has 0 saturated carbocycles. The summed E-state index contributed by atoms with van der Waals surface area (Å²) in [6, 6.07) is 9.14. The van der Waals surface area contributed by atoms with Gasteiger partial charge in [-0.2, -0.15) is 0 Å². The largest absolute Gasteiger partial charge is 0.507 e. The van der Waals surface area contributed by atoms with Crippen LogP contribution in [0, 0.1) is 5.92 Å². The van der Waals surface area contributed by atoms with Crippen molar-refractivity contribution in [3.8, 4) is 17.2 Å². The number of benzene rings is 2. The molecule has 0 bridgehead atoms. The van der Waals surface area contributed by atoms with Crippen molar-refractivity contribution in [3.63, 3.8) is 0 Å². The molecule has 1 N–H and O–H groups in total. The van der Waals surface area contributed by atoms with Crippen LogP contribution in [0.2, 0.25) is 0 Å². The predicted octanol–water partition coefficient (Wildman–Crippen LogP) is 4.74. The summed E-state index contributed by atoms with van der Waals surface area (Å²) in [6.07, 6.45) is 6.14. The van der Waals surface area contributed by atoms with Crippen molar-refractivity contribution < 1.29 is 19.4 Å². The third-order valence-electron chi connectivity index (χ3n) is 6.55. The number of hydrogen-bond donors (Lipinski definition) is 1. The smallest absolute Gasteiger partial charge is 0.231 e. The van der Waals surface area contributed by atoms with Crippen LogP contribution in [-0.4, -0.2) is 40.6 Å². The number of nitrogens with zero attached hydrogens (tertiary/aromatic N) is 2. The molecule has 0 spiro atoms. The Labute approximate surface area is 187 Å². The lowest BCUT2D eigenvalue weighted by Crippen LogP contribution is -2.33. The van der Waals surface area contributed by atoms with Crippen LogP contribution in [0.5, 0.6) is 17.2 Å². The van der Waals surface area contributed by atoms with E-state index < -0.39 is 0 Å². The highest BCUT2D eigenvalue weighted by atomic mass is 16.5. The van der Waals surface area contributed by atoms with E-state index in [4.69, 9.17) is 9.47 Å². The number of phenols is 1. The minimum Gasteiger partial charge on any atom is -0.507 e. The summed E-state index contributed by atoms with van der Waals surface area (Å²) in [4.78, 5) is 15.5. The Hall–Kier alpha value is -3.25. The van der Waals surface area contributed by atoms with Gasteiger partial charge >= 0.3 is 0 Å². The molecule has 6 nitrogen and oxygen atoms in total. The topological polar surface area (TPSA) is 63.9 Å². The number of methoxy groups -OCH3 is 1. The van der Waals surface area contributed by atoms with E-state index in [1.165, 1.54) is 6.42 Å². The molecule has 1 saturated heterocycles. The fourth-order valence-corrected chi connectivity index (χ4v) is 4.89. The van der Waals surface area contributed by atoms with E-state index >= 15 is 0 Å². The monoisotopic (exact) mass is 432 g/mol. The normalized spacial score (nSPS) is 20.0. The van der Waals surface area contributed by atoms with Gasteiger partial charge in [0.2, 0.25) is 5.78 Å². The Balaban J connectivity index is 1.51. The lowest BCUT2D eigenvalue weighted by atomic mass is 9.99. The molecule has 2 aromatic carbocycles. The molecule has 1 aromatic heterocycles. The first-order valence-electron chi connectivity index (χ1n) is 11.1.